The fourth-order valence-corrected chi connectivity index (χ4v) is 11.0. The number of ether oxygens (including phenoxy) is 1. The van der Waals surface area contributed by atoms with Gasteiger partial charge in [-0.15, -0.1) is 0 Å². The van der Waals surface area contributed by atoms with Crippen molar-refractivity contribution in [1.29, 1.82) is 0 Å². The molecule has 8 heteroatoms. The monoisotopic (exact) mass is 353 g/mol. The van der Waals surface area contributed by atoms with E-state index in [2.05, 4.69) is 39.3 Å². The third kappa shape index (κ3) is 12.7. The quantitative estimate of drug-likeness (QED) is 0.415. The molecule has 5 nitrogen and oxygen atoms in total. The summed E-state index contributed by atoms with van der Waals surface area (Å²) in [6.07, 6.45) is 0.913. The molecule has 0 amide bonds. The highest BCUT2D eigenvalue weighted by Gasteiger charge is 2.36. The van der Waals surface area contributed by atoms with Crippen LogP contribution in [0.15, 0.2) is 0 Å². The molecule has 1 radical (unpaired) electrons. The Morgan fingerprint density at radius 1 is 1.14 bits per heavy atom. The minimum Gasteiger partial charge on any atom is -0.436 e. The van der Waals surface area contributed by atoms with E-state index in [4.69, 9.17) is 18.4 Å². The Morgan fingerprint density at radius 2 is 1.76 bits per heavy atom. The van der Waals surface area contributed by atoms with Gasteiger partial charge >= 0.3 is 8.56 Å². The number of rotatable bonds is 12. The van der Waals surface area contributed by atoms with Gasteiger partial charge in [0.05, 0.1) is 22.0 Å². The third-order valence-electron chi connectivity index (χ3n) is 2.63. The summed E-state index contributed by atoms with van der Waals surface area (Å²) in [5, 5.41) is 17.9. The zero-order valence-corrected chi connectivity index (χ0v) is 17.4. The highest BCUT2D eigenvalue weighted by atomic mass is 28.4. The molecule has 0 aromatic rings. The fourth-order valence-electron chi connectivity index (χ4n) is 1.86. The molecule has 127 valence electrons. The molecule has 2 unspecified atom stereocenters. The molecular weight excluding hydrogens is 320 g/mol. The van der Waals surface area contributed by atoms with Crippen LogP contribution in [0.3, 0.4) is 0 Å². The Bertz CT molecular complexity index is 273. The van der Waals surface area contributed by atoms with Gasteiger partial charge in [-0.2, -0.15) is 0 Å². The first kappa shape index (κ1) is 21.5. The minimum absolute atomic E-state index is 0.182. The van der Waals surface area contributed by atoms with E-state index in [-0.39, 0.29) is 13.2 Å². The predicted molar refractivity (Wildman–Crippen MR) is 92.8 cm³/mol. The van der Waals surface area contributed by atoms with Crippen LogP contribution in [0.5, 0.6) is 0 Å². The van der Waals surface area contributed by atoms with Crippen LogP contribution in [0.2, 0.25) is 45.3 Å². The number of hydrogen-bond donors (Lipinski definition) is 2. The molecule has 0 aromatic heterocycles. The predicted octanol–water partition coefficient (Wildman–Crippen LogP) is 1.98. The van der Waals surface area contributed by atoms with Crippen molar-refractivity contribution >= 4 is 25.7 Å². The summed E-state index contributed by atoms with van der Waals surface area (Å²) < 4.78 is 17.9. The topological polar surface area (TPSA) is 68.2 Å². The molecule has 0 fully saturated rings. The fraction of sp³-hybridized carbons (Fsp3) is 1.00. The van der Waals surface area contributed by atoms with E-state index < -0.39 is 31.8 Å². The van der Waals surface area contributed by atoms with Crippen molar-refractivity contribution in [3.63, 3.8) is 0 Å². The normalized spacial score (nSPS) is 17.0. The van der Waals surface area contributed by atoms with Gasteiger partial charge in [0.25, 0.3) is 0 Å². The Hall–Kier alpha value is 0.451. The maximum Gasteiger partial charge on any atom is 0.324 e. The van der Waals surface area contributed by atoms with Gasteiger partial charge in [0.2, 0.25) is 0 Å². The first-order valence-corrected chi connectivity index (χ1v) is 16.2. The zero-order chi connectivity index (χ0) is 16.5. The molecule has 0 aromatic carbocycles. The van der Waals surface area contributed by atoms with Crippen LogP contribution >= 0.6 is 0 Å². The van der Waals surface area contributed by atoms with Crippen LogP contribution in [0.1, 0.15) is 6.42 Å². The van der Waals surface area contributed by atoms with Crippen molar-refractivity contribution in [2.45, 2.75) is 57.9 Å². The Labute approximate surface area is 133 Å². The van der Waals surface area contributed by atoms with Gasteiger partial charge in [0.1, 0.15) is 6.10 Å². The van der Waals surface area contributed by atoms with Crippen molar-refractivity contribution in [3.8, 4) is 0 Å². The molecule has 0 aliphatic heterocycles. The summed E-state index contributed by atoms with van der Waals surface area (Å²) >= 11 is 0. The average Bonchev–Trinajstić information content (AvgIpc) is 2.33. The molecule has 0 spiro atoms. The summed E-state index contributed by atoms with van der Waals surface area (Å²) in [6.45, 7) is 13.7. The Morgan fingerprint density at radius 3 is 2.24 bits per heavy atom. The largest absolute Gasteiger partial charge is 0.436 e. The van der Waals surface area contributed by atoms with E-state index in [1.165, 1.54) is 0 Å². The van der Waals surface area contributed by atoms with E-state index >= 15 is 0 Å². The Kier molecular flexibility index (Phi) is 10.5. The van der Waals surface area contributed by atoms with E-state index in [9.17, 15) is 5.11 Å². The van der Waals surface area contributed by atoms with Gasteiger partial charge in [0, 0.05) is 12.8 Å². The van der Waals surface area contributed by atoms with E-state index in [1.54, 1.807) is 0 Å². The van der Waals surface area contributed by atoms with Crippen molar-refractivity contribution in [3.05, 3.63) is 0 Å². The number of hydrogen-bond acceptors (Lipinski definition) is 5. The zero-order valence-electron chi connectivity index (χ0n) is 14.4. The summed E-state index contributed by atoms with van der Waals surface area (Å²) in [5.74, 6) is 0. The SMILES string of the molecule is C[Si](C)CO[Si](C)(CCCOCC(O)CO)O[Si](C)(C)C. The molecule has 2 N–H and O–H groups in total. The van der Waals surface area contributed by atoms with Gasteiger partial charge < -0.3 is 23.5 Å². The van der Waals surface area contributed by atoms with E-state index in [1.807, 2.05) is 0 Å². The maximum atomic E-state index is 9.21. The van der Waals surface area contributed by atoms with Crippen molar-refractivity contribution in [2.24, 2.45) is 0 Å². The standard InChI is InChI=1S/C13H33O5Si3/c1-19(2)12-17-21(6,18-20(3,4)5)9-7-8-16-11-13(15)10-14/h13-15H,7-12H2,1-6H3. The maximum absolute atomic E-state index is 9.21. The van der Waals surface area contributed by atoms with Crippen LogP contribution in [0.4, 0.5) is 0 Å². The third-order valence-corrected chi connectivity index (χ3v) is 9.83. The van der Waals surface area contributed by atoms with Gasteiger partial charge in [-0.25, -0.2) is 0 Å². The molecular formula is C13H33O5Si3. The van der Waals surface area contributed by atoms with Crippen molar-refractivity contribution in [1.82, 2.24) is 0 Å². The summed E-state index contributed by atoms with van der Waals surface area (Å²) in [7, 11) is -4.18. The second-order valence-electron chi connectivity index (χ2n) is 6.86. The second kappa shape index (κ2) is 10.3. The van der Waals surface area contributed by atoms with Gasteiger partial charge in [-0.1, -0.05) is 13.1 Å². The van der Waals surface area contributed by atoms with Crippen LogP contribution in [0, 0.1) is 0 Å². The average molecular weight is 354 g/mol. The lowest BCUT2D eigenvalue weighted by Crippen LogP contribution is -2.48. The molecule has 0 bridgehead atoms. The minimum atomic E-state index is -2.14. The molecule has 2 atom stereocenters. The first-order valence-electron chi connectivity index (χ1n) is 7.58. The second-order valence-corrected chi connectivity index (χ2v) is 17.7. The smallest absolute Gasteiger partial charge is 0.324 e. The summed E-state index contributed by atoms with van der Waals surface area (Å²) in [5.41, 5.74) is 0. The van der Waals surface area contributed by atoms with Crippen molar-refractivity contribution < 1.29 is 23.5 Å². The van der Waals surface area contributed by atoms with Gasteiger partial charge in [0.15, 0.2) is 8.32 Å². The van der Waals surface area contributed by atoms with Crippen LogP contribution in [-0.4, -0.2) is 68.0 Å². The highest BCUT2D eigenvalue weighted by molar-refractivity contribution is 6.82. The molecule has 0 rings (SSSR count). The molecule has 0 saturated carbocycles. The Balaban J connectivity index is 4.21. The van der Waals surface area contributed by atoms with Crippen LogP contribution in [0.25, 0.3) is 0 Å². The van der Waals surface area contributed by atoms with Crippen molar-refractivity contribution in [2.75, 3.05) is 26.1 Å². The van der Waals surface area contributed by atoms with E-state index in [0.29, 0.717) is 6.61 Å². The van der Waals surface area contributed by atoms with Gasteiger partial charge in [-0.3, -0.25) is 0 Å². The molecule has 21 heavy (non-hydrogen) atoms. The molecule has 0 aliphatic rings. The number of aliphatic hydroxyl groups excluding tert-OH is 2. The summed E-state index contributed by atoms with van der Waals surface area (Å²) in [4.78, 5) is 0. The lowest BCUT2D eigenvalue weighted by molar-refractivity contribution is 0.00617. The lowest BCUT2D eigenvalue weighted by atomic mass is 10.4. The van der Waals surface area contributed by atoms with Crippen LogP contribution < -0.4 is 0 Å². The van der Waals surface area contributed by atoms with Crippen LogP contribution in [-0.2, 0) is 13.3 Å². The first-order chi connectivity index (χ1) is 9.58. The number of aliphatic hydroxyl groups is 2. The highest BCUT2D eigenvalue weighted by Crippen LogP contribution is 2.21. The summed E-state index contributed by atoms with van der Waals surface area (Å²) in [6, 6.07) is 0.904. The van der Waals surface area contributed by atoms with E-state index in [0.717, 1.165) is 18.7 Å². The molecule has 0 heterocycles. The van der Waals surface area contributed by atoms with Gasteiger partial charge in [-0.05, 0) is 38.7 Å². The lowest BCUT2D eigenvalue weighted by Gasteiger charge is -2.34. The molecule has 0 saturated heterocycles. The molecule has 0 aliphatic carbocycles.